The summed E-state index contributed by atoms with van der Waals surface area (Å²) in [6.45, 7) is 9.45. The molecule has 12 rings (SSSR count). The fourth-order valence-corrected chi connectivity index (χ4v) is 12.1. The van der Waals surface area contributed by atoms with Crippen molar-refractivity contribution >= 4 is 51.4 Å². The minimum atomic E-state index is -0.268. The topological polar surface area (TPSA) is 21.7 Å². The van der Waals surface area contributed by atoms with Gasteiger partial charge in [-0.05, 0) is 105 Å². The van der Waals surface area contributed by atoms with Crippen molar-refractivity contribution in [2.75, 3.05) is 4.90 Å². The molecule has 0 fully saturated rings. The molecule has 0 atom stereocenters. The first-order valence-corrected chi connectivity index (χ1v) is 21.2. The summed E-state index contributed by atoms with van der Waals surface area (Å²) in [6, 6.07) is 55.3. The highest BCUT2D eigenvalue weighted by Crippen LogP contribution is 2.61. The van der Waals surface area contributed by atoms with Crippen LogP contribution in [0.1, 0.15) is 49.9 Å². The Balaban J connectivity index is 1.03. The van der Waals surface area contributed by atoms with Crippen LogP contribution < -0.4 is 14.4 Å². The van der Waals surface area contributed by atoms with E-state index in [9.17, 15) is 0 Å². The molecule has 0 saturated heterocycles. The zero-order valence-corrected chi connectivity index (χ0v) is 33.6. The van der Waals surface area contributed by atoms with E-state index < -0.39 is 0 Å². The van der Waals surface area contributed by atoms with Crippen LogP contribution >= 0.6 is 23.5 Å². The molecule has 4 aliphatic rings. The van der Waals surface area contributed by atoms with Gasteiger partial charge in [0.05, 0.1) is 5.69 Å². The van der Waals surface area contributed by atoms with E-state index in [1.807, 2.05) is 47.8 Å². The maximum absolute atomic E-state index is 6.64. The third kappa shape index (κ3) is 4.70. The lowest BCUT2D eigenvalue weighted by Crippen LogP contribution is -2.18. The van der Waals surface area contributed by atoms with Crippen LogP contribution in [-0.4, -0.2) is 0 Å². The van der Waals surface area contributed by atoms with Gasteiger partial charge in [-0.15, -0.1) is 0 Å². The van der Waals surface area contributed by atoms with Crippen LogP contribution in [-0.2, 0) is 10.8 Å². The first-order chi connectivity index (χ1) is 27.8. The molecule has 0 aromatic heterocycles. The second-order valence-electron chi connectivity index (χ2n) is 16.5. The van der Waals surface area contributed by atoms with Crippen LogP contribution in [0.15, 0.2) is 171 Å². The Hall–Kier alpha value is -5.88. The quantitative estimate of drug-likeness (QED) is 0.178. The van der Waals surface area contributed by atoms with Gasteiger partial charge in [-0.2, -0.15) is 0 Å². The summed E-state index contributed by atoms with van der Waals surface area (Å²) in [7, 11) is 0. The second kappa shape index (κ2) is 11.8. The highest BCUT2D eigenvalue weighted by Gasteiger charge is 2.42. The van der Waals surface area contributed by atoms with Crippen molar-refractivity contribution in [3.8, 4) is 45.3 Å². The van der Waals surface area contributed by atoms with Crippen molar-refractivity contribution in [2.24, 2.45) is 0 Å². The summed E-state index contributed by atoms with van der Waals surface area (Å²) < 4.78 is 13.0. The van der Waals surface area contributed by atoms with Crippen molar-refractivity contribution in [3.05, 3.63) is 174 Å². The molecular weight excluding hydrogens is 735 g/mol. The first kappa shape index (κ1) is 33.3. The smallest absolute Gasteiger partial charge is 0.178 e. The van der Waals surface area contributed by atoms with Gasteiger partial charge < -0.3 is 14.4 Å². The van der Waals surface area contributed by atoms with Gasteiger partial charge in [-0.1, -0.05) is 136 Å². The third-order valence-corrected chi connectivity index (χ3v) is 15.2. The molecule has 0 amide bonds. The SMILES string of the molecule is CC1(C)c2cc(N(c3ccc4c(c3)C(C)(C)c3ccc5c(c3-4)Sc3ccccc3S5)c3cccc4ccccc34)ccc2-c2c1ccc1c2Oc2ccccc2O1. The molecule has 2 aliphatic heterocycles. The minimum absolute atomic E-state index is 0.177. The Morgan fingerprint density at radius 2 is 1.05 bits per heavy atom. The van der Waals surface area contributed by atoms with Crippen molar-refractivity contribution in [1.82, 2.24) is 0 Å². The average molecular weight is 772 g/mol. The summed E-state index contributed by atoms with van der Waals surface area (Å²) in [5, 5.41) is 2.43. The lowest BCUT2D eigenvalue weighted by Gasteiger charge is -2.30. The van der Waals surface area contributed by atoms with Crippen LogP contribution in [0, 0.1) is 0 Å². The summed E-state index contributed by atoms with van der Waals surface area (Å²) in [5.41, 5.74) is 13.3. The van der Waals surface area contributed by atoms with E-state index in [1.165, 1.54) is 69.3 Å². The highest BCUT2D eigenvalue weighted by molar-refractivity contribution is 8.05. The molecule has 3 nitrogen and oxygen atoms in total. The maximum atomic E-state index is 6.64. The van der Waals surface area contributed by atoms with E-state index in [0.717, 1.165) is 45.6 Å². The molecule has 8 aromatic rings. The van der Waals surface area contributed by atoms with Crippen molar-refractivity contribution in [2.45, 2.75) is 58.1 Å². The number of nitrogens with zero attached hydrogens (tertiary/aromatic N) is 1. The lowest BCUT2D eigenvalue weighted by atomic mass is 9.82. The summed E-state index contributed by atoms with van der Waals surface area (Å²) in [5.74, 6) is 3.03. The van der Waals surface area contributed by atoms with Crippen molar-refractivity contribution in [1.29, 1.82) is 0 Å². The van der Waals surface area contributed by atoms with Crippen LogP contribution in [0.25, 0.3) is 33.0 Å². The number of anilines is 3. The Labute approximate surface area is 341 Å². The summed E-state index contributed by atoms with van der Waals surface area (Å²) >= 11 is 3.81. The second-order valence-corrected chi connectivity index (χ2v) is 18.6. The molecule has 0 spiro atoms. The van der Waals surface area contributed by atoms with Gasteiger partial charge in [0.2, 0.25) is 0 Å². The van der Waals surface area contributed by atoms with Crippen LogP contribution in [0.5, 0.6) is 23.0 Å². The standard InChI is InChI=1S/C52H37NO2S2/c1-51(2)36-24-26-43-49(55-42-17-8-7-16-41(42)54-43)47(36)34-22-20-31(28-38(34)51)53(40-15-11-13-30-12-5-6-14-33(30)40)32-21-23-35-39(29-32)52(3,4)37-25-27-46-50(48(35)37)57-45-19-10-9-18-44(45)56-46/h5-29H,1-4H3. The molecule has 0 N–H and O–H groups in total. The molecule has 0 unspecified atom stereocenters. The maximum Gasteiger partial charge on any atom is 0.178 e. The number of hydrogen-bond donors (Lipinski definition) is 0. The fourth-order valence-electron chi connectivity index (χ4n) is 9.69. The number of hydrogen-bond acceptors (Lipinski definition) is 5. The number of ether oxygens (including phenoxy) is 2. The molecule has 57 heavy (non-hydrogen) atoms. The van der Waals surface area contributed by atoms with E-state index in [2.05, 4.69) is 160 Å². The predicted molar refractivity (Wildman–Crippen MR) is 235 cm³/mol. The Morgan fingerprint density at radius 3 is 1.81 bits per heavy atom. The van der Waals surface area contributed by atoms with Gasteiger partial charge in [-0.3, -0.25) is 0 Å². The third-order valence-electron chi connectivity index (χ3n) is 12.6. The zero-order chi connectivity index (χ0) is 38.2. The van der Waals surface area contributed by atoms with E-state index in [0.29, 0.717) is 0 Å². The van der Waals surface area contributed by atoms with Crippen molar-refractivity contribution < 1.29 is 9.47 Å². The lowest BCUT2D eigenvalue weighted by molar-refractivity contribution is 0.360. The van der Waals surface area contributed by atoms with Gasteiger partial charge in [0.25, 0.3) is 0 Å². The van der Waals surface area contributed by atoms with E-state index in [4.69, 9.17) is 9.47 Å². The normalized spacial score (nSPS) is 15.4. The number of para-hydroxylation sites is 2. The Kier molecular flexibility index (Phi) is 6.90. The van der Waals surface area contributed by atoms with Crippen LogP contribution in [0.2, 0.25) is 0 Å². The Bertz CT molecular complexity index is 2880. The number of benzene rings is 8. The molecule has 5 heteroatoms. The molecule has 2 heterocycles. The van der Waals surface area contributed by atoms with Gasteiger partial charge in [0, 0.05) is 58.3 Å². The molecule has 0 bridgehead atoms. The largest absolute Gasteiger partial charge is 0.449 e. The van der Waals surface area contributed by atoms with E-state index in [1.54, 1.807) is 0 Å². The first-order valence-electron chi connectivity index (χ1n) is 19.6. The van der Waals surface area contributed by atoms with Crippen LogP contribution in [0.4, 0.5) is 17.1 Å². The van der Waals surface area contributed by atoms with Gasteiger partial charge >= 0.3 is 0 Å². The molecular formula is C52H37NO2S2. The van der Waals surface area contributed by atoms with Crippen molar-refractivity contribution in [3.63, 3.8) is 0 Å². The Morgan fingerprint density at radius 1 is 0.456 bits per heavy atom. The van der Waals surface area contributed by atoms with E-state index in [-0.39, 0.29) is 10.8 Å². The van der Waals surface area contributed by atoms with Gasteiger partial charge in [0.1, 0.15) is 0 Å². The monoisotopic (exact) mass is 771 g/mol. The average Bonchev–Trinajstić information content (AvgIpc) is 3.61. The van der Waals surface area contributed by atoms with Gasteiger partial charge in [-0.25, -0.2) is 0 Å². The van der Waals surface area contributed by atoms with Crippen LogP contribution in [0.3, 0.4) is 0 Å². The minimum Gasteiger partial charge on any atom is -0.449 e. The van der Waals surface area contributed by atoms with Gasteiger partial charge in [0.15, 0.2) is 23.0 Å². The fraction of sp³-hybridized carbons (Fsp3) is 0.115. The molecule has 274 valence electrons. The zero-order valence-electron chi connectivity index (χ0n) is 32.0. The van der Waals surface area contributed by atoms with E-state index >= 15 is 0 Å². The molecule has 0 radical (unpaired) electrons. The summed E-state index contributed by atoms with van der Waals surface area (Å²) in [4.78, 5) is 7.86. The summed E-state index contributed by atoms with van der Waals surface area (Å²) in [6.07, 6.45) is 0. The predicted octanol–water partition coefficient (Wildman–Crippen LogP) is 15.4. The molecule has 8 aromatic carbocycles. The number of fused-ring (bicyclic) bond motifs is 13. The number of rotatable bonds is 3. The molecule has 2 aliphatic carbocycles. The molecule has 0 saturated carbocycles. The highest BCUT2D eigenvalue weighted by atomic mass is 32.2.